The number of thiazole rings is 1. The predicted octanol–water partition coefficient (Wildman–Crippen LogP) is 3.72. The van der Waals surface area contributed by atoms with Gasteiger partial charge in [-0.15, -0.1) is 11.3 Å². The number of rotatable bonds is 7. The van der Waals surface area contributed by atoms with Crippen molar-refractivity contribution in [3.8, 4) is 0 Å². The van der Waals surface area contributed by atoms with E-state index in [9.17, 15) is 13.2 Å². The molecule has 0 saturated carbocycles. The van der Waals surface area contributed by atoms with Crippen LogP contribution in [0.3, 0.4) is 0 Å². The first kappa shape index (κ1) is 23.3. The minimum Gasteiger partial charge on any atom is -0.308 e. The molecule has 1 amide bonds. The molecular formula is C22H28N4O3S3. The van der Waals surface area contributed by atoms with Crippen LogP contribution in [0.1, 0.15) is 24.0 Å². The SMILES string of the molecule is Cc1ccc2sc(N(CCN(C)C)C(=O)[C@H]3CCCN3S(=O)(=O)c3cccs3)nc2c1C. The number of likely N-dealkylation sites (N-methyl/N-ethyl adjacent to an activating group) is 1. The van der Waals surface area contributed by atoms with Gasteiger partial charge in [0.05, 0.1) is 10.2 Å². The second-order valence-electron chi connectivity index (χ2n) is 8.35. The van der Waals surface area contributed by atoms with Crippen molar-refractivity contribution in [2.24, 2.45) is 0 Å². The van der Waals surface area contributed by atoms with Crippen LogP contribution in [0.4, 0.5) is 5.13 Å². The number of carbonyl (C=O) groups is 1. The average molecular weight is 493 g/mol. The fourth-order valence-electron chi connectivity index (χ4n) is 3.91. The summed E-state index contributed by atoms with van der Waals surface area (Å²) in [4.78, 5) is 22.3. The summed E-state index contributed by atoms with van der Waals surface area (Å²) in [6.45, 7) is 5.56. The fraction of sp³-hybridized carbons (Fsp3) is 0.455. The smallest absolute Gasteiger partial charge is 0.253 e. The number of aryl methyl sites for hydroxylation is 2. The molecule has 1 aliphatic rings. The molecule has 0 bridgehead atoms. The summed E-state index contributed by atoms with van der Waals surface area (Å²) >= 11 is 2.67. The molecule has 7 nitrogen and oxygen atoms in total. The number of benzene rings is 1. The van der Waals surface area contributed by atoms with E-state index in [1.807, 2.05) is 32.0 Å². The van der Waals surface area contributed by atoms with Gasteiger partial charge >= 0.3 is 0 Å². The quantitative estimate of drug-likeness (QED) is 0.503. The summed E-state index contributed by atoms with van der Waals surface area (Å²) in [7, 11) is 0.215. The van der Waals surface area contributed by atoms with Gasteiger partial charge in [0.2, 0.25) is 5.91 Å². The Bertz CT molecular complexity index is 1220. The van der Waals surface area contributed by atoms with Gasteiger partial charge in [0.1, 0.15) is 10.3 Å². The van der Waals surface area contributed by atoms with Gasteiger partial charge in [-0.1, -0.05) is 23.5 Å². The van der Waals surface area contributed by atoms with Crippen molar-refractivity contribution < 1.29 is 13.2 Å². The molecule has 0 unspecified atom stereocenters. The summed E-state index contributed by atoms with van der Waals surface area (Å²) in [5, 5.41) is 2.37. The molecule has 0 radical (unpaired) electrons. The average Bonchev–Trinajstić information content (AvgIpc) is 3.51. The van der Waals surface area contributed by atoms with Crippen molar-refractivity contribution >= 4 is 54.0 Å². The molecule has 10 heteroatoms. The lowest BCUT2D eigenvalue weighted by Gasteiger charge is -2.29. The van der Waals surface area contributed by atoms with Gasteiger partial charge < -0.3 is 4.90 Å². The Morgan fingerprint density at radius 1 is 1.22 bits per heavy atom. The van der Waals surface area contributed by atoms with Gasteiger partial charge in [0.25, 0.3) is 10.0 Å². The number of aromatic nitrogens is 1. The summed E-state index contributed by atoms with van der Waals surface area (Å²) in [6.07, 6.45) is 1.19. The normalized spacial score (nSPS) is 17.5. The number of anilines is 1. The van der Waals surface area contributed by atoms with Crippen molar-refractivity contribution in [2.45, 2.75) is 36.9 Å². The first-order chi connectivity index (χ1) is 15.2. The molecule has 1 saturated heterocycles. The molecule has 1 atom stereocenters. The van der Waals surface area contributed by atoms with Crippen LogP contribution in [-0.4, -0.2) is 68.3 Å². The Kier molecular flexibility index (Phi) is 6.69. The van der Waals surface area contributed by atoms with Crippen LogP contribution in [-0.2, 0) is 14.8 Å². The first-order valence-electron chi connectivity index (χ1n) is 10.6. The van der Waals surface area contributed by atoms with Crippen molar-refractivity contribution in [3.05, 3.63) is 40.8 Å². The maximum absolute atomic E-state index is 13.8. The standard InChI is InChI=1S/C22H28N4O3S3/c1-15-9-10-18-20(16(15)2)23-22(31-18)25(13-12-24(3)4)21(27)17-7-5-11-26(17)32(28,29)19-8-6-14-30-19/h6,8-10,14,17H,5,7,11-13H2,1-4H3/t17-/m1/s1. The highest BCUT2D eigenvalue weighted by molar-refractivity contribution is 7.91. The highest BCUT2D eigenvalue weighted by Gasteiger charge is 2.42. The van der Waals surface area contributed by atoms with E-state index in [0.29, 0.717) is 37.6 Å². The lowest BCUT2D eigenvalue weighted by atomic mass is 10.1. The van der Waals surface area contributed by atoms with E-state index in [0.717, 1.165) is 21.3 Å². The molecule has 1 aliphatic heterocycles. The minimum absolute atomic E-state index is 0.196. The van der Waals surface area contributed by atoms with Gasteiger partial charge in [0, 0.05) is 19.6 Å². The molecule has 32 heavy (non-hydrogen) atoms. The highest BCUT2D eigenvalue weighted by Crippen LogP contribution is 2.34. The number of hydrogen-bond donors (Lipinski definition) is 0. The highest BCUT2D eigenvalue weighted by atomic mass is 32.2. The number of nitrogens with zero attached hydrogens (tertiary/aromatic N) is 4. The molecule has 172 valence electrons. The zero-order valence-corrected chi connectivity index (χ0v) is 21.2. The molecule has 0 N–H and O–H groups in total. The third kappa shape index (κ3) is 4.34. The Labute approximate surface area is 197 Å². The van der Waals surface area contributed by atoms with Gasteiger partial charge in [-0.2, -0.15) is 4.31 Å². The topological polar surface area (TPSA) is 73.8 Å². The molecule has 0 spiro atoms. The molecule has 0 aliphatic carbocycles. The second-order valence-corrected chi connectivity index (χ2v) is 12.4. The zero-order valence-electron chi connectivity index (χ0n) is 18.7. The maximum Gasteiger partial charge on any atom is 0.253 e. The van der Waals surface area contributed by atoms with Crippen molar-refractivity contribution in [1.82, 2.24) is 14.2 Å². The van der Waals surface area contributed by atoms with Crippen molar-refractivity contribution in [1.29, 1.82) is 0 Å². The van der Waals surface area contributed by atoms with Gasteiger partial charge in [-0.25, -0.2) is 13.4 Å². The summed E-state index contributed by atoms with van der Waals surface area (Å²) in [6, 6.07) is 6.72. The van der Waals surface area contributed by atoms with E-state index in [1.54, 1.807) is 22.4 Å². The summed E-state index contributed by atoms with van der Waals surface area (Å²) < 4.78 is 29.1. The molecule has 3 heterocycles. The summed E-state index contributed by atoms with van der Waals surface area (Å²) in [5.41, 5.74) is 3.17. The molecule has 2 aromatic heterocycles. The molecule has 3 aromatic rings. The molecule has 4 rings (SSSR count). The molecule has 1 fully saturated rings. The predicted molar refractivity (Wildman–Crippen MR) is 131 cm³/mol. The van der Waals surface area contributed by atoms with E-state index >= 15 is 0 Å². The third-order valence-corrected chi connectivity index (χ3v) is 10.2. The largest absolute Gasteiger partial charge is 0.308 e. The number of thiophene rings is 1. The lowest BCUT2D eigenvalue weighted by Crippen LogP contribution is -2.49. The van der Waals surface area contributed by atoms with Crippen LogP contribution in [0.2, 0.25) is 0 Å². The van der Waals surface area contributed by atoms with Crippen molar-refractivity contribution in [3.63, 3.8) is 0 Å². The maximum atomic E-state index is 13.8. The van der Waals surface area contributed by atoms with Gasteiger partial charge in [-0.05, 0) is 69.4 Å². The van der Waals surface area contributed by atoms with E-state index in [4.69, 9.17) is 4.98 Å². The Morgan fingerprint density at radius 2 is 2.00 bits per heavy atom. The second kappa shape index (κ2) is 9.18. The number of amides is 1. The third-order valence-electron chi connectivity index (χ3n) is 5.89. The monoisotopic (exact) mass is 492 g/mol. The fourth-order valence-corrected chi connectivity index (χ4v) is 7.74. The van der Waals surface area contributed by atoms with Gasteiger partial charge in [-0.3, -0.25) is 9.69 Å². The van der Waals surface area contributed by atoms with Crippen LogP contribution in [0, 0.1) is 13.8 Å². The van der Waals surface area contributed by atoms with E-state index in [1.165, 1.54) is 27.0 Å². The number of carbonyl (C=O) groups excluding carboxylic acids is 1. The van der Waals surface area contributed by atoms with Crippen LogP contribution in [0.5, 0.6) is 0 Å². The number of hydrogen-bond acceptors (Lipinski definition) is 7. The minimum atomic E-state index is -3.70. The van der Waals surface area contributed by atoms with Crippen LogP contribution < -0.4 is 4.90 Å². The lowest BCUT2D eigenvalue weighted by molar-refractivity contribution is -0.121. The van der Waals surface area contributed by atoms with E-state index in [2.05, 4.69) is 13.0 Å². The number of fused-ring (bicyclic) bond motifs is 1. The van der Waals surface area contributed by atoms with Crippen LogP contribution >= 0.6 is 22.7 Å². The number of sulfonamides is 1. The summed E-state index contributed by atoms with van der Waals surface area (Å²) in [5.74, 6) is -0.196. The van der Waals surface area contributed by atoms with Gasteiger partial charge in [0.15, 0.2) is 5.13 Å². The Hall–Kier alpha value is -1.85. The Morgan fingerprint density at radius 3 is 2.69 bits per heavy atom. The van der Waals surface area contributed by atoms with Crippen molar-refractivity contribution in [2.75, 3.05) is 38.6 Å². The van der Waals surface area contributed by atoms with Crippen LogP contribution in [0.25, 0.3) is 10.2 Å². The van der Waals surface area contributed by atoms with E-state index < -0.39 is 16.1 Å². The molecular weight excluding hydrogens is 464 g/mol. The molecule has 1 aromatic carbocycles. The van der Waals surface area contributed by atoms with Crippen LogP contribution in [0.15, 0.2) is 33.9 Å². The Balaban J connectivity index is 1.70. The van der Waals surface area contributed by atoms with E-state index in [-0.39, 0.29) is 10.1 Å². The zero-order chi connectivity index (χ0) is 23.0. The first-order valence-corrected chi connectivity index (χ1v) is 13.7.